The van der Waals surface area contributed by atoms with Gasteiger partial charge in [0.2, 0.25) is 0 Å². The second-order valence-electron chi connectivity index (χ2n) is 4.35. The summed E-state index contributed by atoms with van der Waals surface area (Å²) in [7, 11) is 0. The molecular weight excluding hydrogens is 248 g/mol. The van der Waals surface area contributed by atoms with Crippen molar-refractivity contribution in [1.29, 1.82) is 5.26 Å². The molecule has 0 aromatic heterocycles. The Morgan fingerprint density at radius 3 is 2.42 bits per heavy atom. The highest BCUT2D eigenvalue weighted by molar-refractivity contribution is 5.78. The van der Waals surface area contributed by atoms with E-state index in [0.29, 0.717) is 11.3 Å². The Hall–Kier alpha value is -2.10. The highest BCUT2D eigenvalue weighted by atomic mass is 16.5. The molecule has 1 rings (SSSR count). The van der Waals surface area contributed by atoms with Gasteiger partial charge >= 0.3 is 0 Å². The van der Waals surface area contributed by atoms with Gasteiger partial charge in [0.25, 0.3) is 5.91 Å². The number of aliphatic hydroxyl groups excluding tert-OH is 2. The first-order chi connectivity index (χ1) is 9.03. The van der Waals surface area contributed by atoms with E-state index in [-0.39, 0.29) is 19.8 Å². The fourth-order valence-electron chi connectivity index (χ4n) is 1.28. The van der Waals surface area contributed by atoms with Crippen LogP contribution in [0.2, 0.25) is 0 Å². The summed E-state index contributed by atoms with van der Waals surface area (Å²) < 4.78 is 5.22. The number of nitriles is 1. The third-order valence-corrected chi connectivity index (χ3v) is 2.49. The lowest BCUT2D eigenvalue weighted by atomic mass is 10.1. The summed E-state index contributed by atoms with van der Waals surface area (Å²) in [6.07, 6.45) is 0. The molecule has 6 nitrogen and oxygen atoms in total. The fraction of sp³-hybridized carbons (Fsp3) is 0.385. The lowest BCUT2D eigenvalue weighted by Crippen LogP contribution is -2.53. The first-order valence-electron chi connectivity index (χ1n) is 5.69. The molecule has 19 heavy (non-hydrogen) atoms. The van der Waals surface area contributed by atoms with Gasteiger partial charge in [-0.25, -0.2) is 0 Å². The van der Waals surface area contributed by atoms with Crippen LogP contribution >= 0.6 is 0 Å². The molecule has 0 aliphatic carbocycles. The number of benzene rings is 1. The number of aliphatic hydroxyl groups is 2. The van der Waals surface area contributed by atoms with Gasteiger partial charge in [0.05, 0.1) is 30.4 Å². The third-order valence-electron chi connectivity index (χ3n) is 2.49. The van der Waals surface area contributed by atoms with E-state index in [4.69, 9.17) is 20.2 Å². The van der Waals surface area contributed by atoms with Crippen molar-refractivity contribution < 1.29 is 19.7 Å². The summed E-state index contributed by atoms with van der Waals surface area (Å²) in [6, 6.07) is 8.31. The Morgan fingerprint density at radius 1 is 1.37 bits per heavy atom. The minimum Gasteiger partial charge on any atom is -0.484 e. The molecule has 0 unspecified atom stereocenters. The largest absolute Gasteiger partial charge is 0.484 e. The molecule has 0 bridgehead atoms. The van der Waals surface area contributed by atoms with Crippen LogP contribution in [0.4, 0.5) is 0 Å². The molecule has 0 aliphatic heterocycles. The maximum Gasteiger partial charge on any atom is 0.258 e. The van der Waals surface area contributed by atoms with Crippen LogP contribution in [0.15, 0.2) is 24.3 Å². The SMILES string of the molecule is CC(CO)(CO)NC(=O)COc1ccc(C#N)cc1. The Labute approximate surface area is 111 Å². The maximum absolute atomic E-state index is 11.6. The molecule has 1 aromatic rings. The van der Waals surface area contributed by atoms with Crippen LogP contribution in [0.3, 0.4) is 0 Å². The van der Waals surface area contributed by atoms with Crippen molar-refractivity contribution >= 4 is 5.91 Å². The second kappa shape index (κ2) is 6.73. The highest BCUT2D eigenvalue weighted by Gasteiger charge is 2.24. The van der Waals surface area contributed by atoms with E-state index in [0.717, 1.165) is 0 Å². The summed E-state index contributed by atoms with van der Waals surface area (Å²) in [5.41, 5.74) is -0.560. The molecule has 3 N–H and O–H groups in total. The van der Waals surface area contributed by atoms with Crippen molar-refractivity contribution in [2.45, 2.75) is 12.5 Å². The van der Waals surface area contributed by atoms with Crippen molar-refractivity contribution in [3.8, 4) is 11.8 Å². The lowest BCUT2D eigenvalue weighted by Gasteiger charge is -2.26. The zero-order valence-electron chi connectivity index (χ0n) is 10.6. The van der Waals surface area contributed by atoms with Gasteiger partial charge in [-0.3, -0.25) is 4.79 Å². The number of ether oxygens (including phenoxy) is 1. The van der Waals surface area contributed by atoms with E-state index in [2.05, 4.69) is 5.32 Å². The van der Waals surface area contributed by atoms with Crippen LogP contribution < -0.4 is 10.1 Å². The van der Waals surface area contributed by atoms with Crippen molar-refractivity contribution in [3.05, 3.63) is 29.8 Å². The molecule has 1 amide bonds. The third kappa shape index (κ3) is 4.58. The zero-order valence-corrected chi connectivity index (χ0v) is 10.6. The predicted octanol–water partition coefficient (Wildman–Crippen LogP) is -0.203. The van der Waals surface area contributed by atoms with Gasteiger partial charge in [-0.2, -0.15) is 5.26 Å². The van der Waals surface area contributed by atoms with E-state index < -0.39 is 11.4 Å². The standard InChI is InChI=1S/C13H16N2O4/c1-13(8-16,9-17)15-12(18)7-19-11-4-2-10(6-14)3-5-11/h2-5,16-17H,7-9H2,1H3,(H,15,18). The number of carbonyl (C=O) groups excluding carboxylic acids is 1. The summed E-state index contributed by atoms with van der Waals surface area (Å²) >= 11 is 0. The fourth-order valence-corrected chi connectivity index (χ4v) is 1.28. The molecule has 0 atom stereocenters. The second-order valence-corrected chi connectivity index (χ2v) is 4.35. The molecule has 0 saturated heterocycles. The number of rotatable bonds is 6. The molecule has 0 radical (unpaired) electrons. The number of amides is 1. The van der Waals surface area contributed by atoms with Gasteiger partial charge in [-0.1, -0.05) is 0 Å². The first kappa shape index (κ1) is 15.0. The Bertz CT molecular complexity index is 461. The van der Waals surface area contributed by atoms with Crippen LogP contribution in [-0.4, -0.2) is 41.5 Å². The van der Waals surface area contributed by atoms with Crippen molar-refractivity contribution in [2.75, 3.05) is 19.8 Å². The van der Waals surface area contributed by atoms with Gasteiger partial charge in [-0.15, -0.1) is 0 Å². The molecule has 0 heterocycles. The topological polar surface area (TPSA) is 103 Å². The smallest absolute Gasteiger partial charge is 0.258 e. The van der Waals surface area contributed by atoms with Gasteiger partial charge in [0, 0.05) is 0 Å². The Kier molecular flexibility index (Phi) is 5.30. The molecule has 1 aromatic carbocycles. The zero-order chi connectivity index (χ0) is 14.3. The molecular formula is C13H16N2O4. The van der Waals surface area contributed by atoms with E-state index in [1.807, 2.05) is 6.07 Å². The number of nitrogens with zero attached hydrogens (tertiary/aromatic N) is 1. The summed E-state index contributed by atoms with van der Waals surface area (Å²) in [5.74, 6) is 0.0128. The maximum atomic E-state index is 11.6. The minimum atomic E-state index is -1.06. The van der Waals surface area contributed by atoms with Crippen LogP contribution in [0, 0.1) is 11.3 Å². The lowest BCUT2D eigenvalue weighted by molar-refractivity contribution is -0.126. The van der Waals surface area contributed by atoms with Crippen LogP contribution in [0.1, 0.15) is 12.5 Å². The van der Waals surface area contributed by atoms with Crippen molar-refractivity contribution in [3.63, 3.8) is 0 Å². The molecule has 0 spiro atoms. The van der Waals surface area contributed by atoms with Gasteiger partial charge in [0.15, 0.2) is 6.61 Å². The van der Waals surface area contributed by atoms with E-state index >= 15 is 0 Å². The Balaban J connectivity index is 2.48. The molecule has 0 aliphatic rings. The molecule has 102 valence electrons. The quantitative estimate of drug-likeness (QED) is 0.660. The molecule has 0 saturated carbocycles. The minimum absolute atomic E-state index is 0.235. The van der Waals surface area contributed by atoms with Crippen LogP contribution in [0.25, 0.3) is 0 Å². The van der Waals surface area contributed by atoms with Gasteiger partial charge in [-0.05, 0) is 31.2 Å². The summed E-state index contributed by atoms with van der Waals surface area (Å²) in [4.78, 5) is 11.6. The number of hydrogen-bond acceptors (Lipinski definition) is 5. The molecule has 6 heteroatoms. The monoisotopic (exact) mass is 264 g/mol. The average Bonchev–Trinajstić information content (AvgIpc) is 2.45. The number of nitrogens with one attached hydrogen (secondary N) is 1. The first-order valence-corrected chi connectivity index (χ1v) is 5.69. The summed E-state index contributed by atoms with van der Waals surface area (Å²) in [6.45, 7) is 0.548. The van der Waals surface area contributed by atoms with E-state index in [1.165, 1.54) is 6.92 Å². The van der Waals surface area contributed by atoms with Gasteiger partial charge in [0.1, 0.15) is 5.75 Å². The number of carbonyl (C=O) groups is 1. The average molecular weight is 264 g/mol. The number of hydrogen-bond donors (Lipinski definition) is 3. The highest BCUT2D eigenvalue weighted by Crippen LogP contribution is 2.11. The van der Waals surface area contributed by atoms with Gasteiger partial charge < -0.3 is 20.3 Å². The molecule has 0 fully saturated rings. The predicted molar refractivity (Wildman–Crippen MR) is 67.4 cm³/mol. The van der Waals surface area contributed by atoms with Crippen molar-refractivity contribution in [2.24, 2.45) is 0 Å². The van der Waals surface area contributed by atoms with Crippen LogP contribution in [0.5, 0.6) is 5.75 Å². The van der Waals surface area contributed by atoms with Crippen molar-refractivity contribution in [1.82, 2.24) is 5.32 Å². The van der Waals surface area contributed by atoms with E-state index in [1.54, 1.807) is 24.3 Å². The summed E-state index contributed by atoms with van der Waals surface area (Å²) in [5, 5.41) is 29.2. The van der Waals surface area contributed by atoms with Crippen LogP contribution in [-0.2, 0) is 4.79 Å². The normalized spacial score (nSPS) is 10.6. The van der Waals surface area contributed by atoms with E-state index in [9.17, 15) is 4.79 Å². The Morgan fingerprint density at radius 2 is 1.95 bits per heavy atom.